The minimum Gasteiger partial charge on any atom is -0.201 e. The highest BCUT2D eigenvalue weighted by Crippen LogP contribution is 2.30. The minimum absolute atomic E-state index is 0.263. The first-order valence-corrected chi connectivity index (χ1v) is 7.19. The average molecular weight is 294 g/mol. The third-order valence-electron chi connectivity index (χ3n) is 3.86. The topological polar surface area (TPSA) is 3.88 Å². The van der Waals surface area contributed by atoms with Gasteiger partial charge in [0.05, 0.1) is 0 Å². The first-order chi connectivity index (χ1) is 13.0. The Bertz CT molecular complexity index is 1000. The molecule has 0 saturated carbocycles. The summed E-state index contributed by atoms with van der Waals surface area (Å²) in [5.41, 5.74) is 4.56. The maximum atomic E-state index is 7.94. The van der Waals surface area contributed by atoms with Crippen LogP contribution in [0.25, 0.3) is 22.4 Å². The van der Waals surface area contributed by atoms with Crippen LogP contribution >= 0.6 is 0 Å². The largest absolute Gasteiger partial charge is 0.212 e. The second-order valence-corrected chi connectivity index (χ2v) is 5.49. The van der Waals surface area contributed by atoms with Gasteiger partial charge in [0, 0.05) is 25.4 Å². The quantitative estimate of drug-likeness (QED) is 0.599. The molecule has 0 aliphatic rings. The Morgan fingerprint density at radius 2 is 1.68 bits per heavy atom. The number of aromatic nitrogens is 1. The zero-order valence-corrected chi connectivity index (χ0v) is 12.7. The van der Waals surface area contributed by atoms with E-state index in [9.17, 15) is 0 Å². The lowest BCUT2D eigenvalue weighted by atomic mass is 9.93. The summed E-state index contributed by atoms with van der Waals surface area (Å²) in [6.07, 6.45) is 1.60. The van der Waals surface area contributed by atoms with E-state index < -0.39 is 13.7 Å². The Balaban J connectivity index is 2.24. The summed E-state index contributed by atoms with van der Waals surface area (Å²) in [6, 6.07) is 16.4. The fourth-order valence-electron chi connectivity index (χ4n) is 2.73. The van der Waals surface area contributed by atoms with Crippen molar-refractivity contribution in [3.05, 3.63) is 77.5 Å². The molecule has 0 saturated heterocycles. The van der Waals surface area contributed by atoms with Gasteiger partial charge in [0.15, 0.2) is 6.20 Å². The summed E-state index contributed by atoms with van der Waals surface area (Å²) in [7, 11) is 1.80. The van der Waals surface area contributed by atoms with Crippen LogP contribution in [0.5, 0.6) is 0 Å². The maximum absolute atomic E-state index is 7.94. The van der Waals surface area contributed by atoms with Crippen molar-refractivity contribution >= 4 is 0 Å². The van der Waals surface area contributed by atoms with E-state index in [0.717, 1.165) is 22.4 Å². The molecule has 2 aromatic carbocycles. The molecule has 1 heteroatoms. The van der Waals surface area contributed by atoms with Crippen molar-refractivity contribution in [1.29, 1.82) is 0 Å². The molecule has 0 aliphatic carbocycles. The molecule has 0 spiro atoms. The van der Waals surface area contributed by atoms with Crippen molar-refractivity contribution in [1.82, 2.24) is 0 Å². The van der Waals surface area contributed by atoms with Gasteiger partial charge in [-0.2, -0.15) is 0 Å². The normalized spacial score (nSPS) is 15.9. The van der Waals surface area contributed by atoms with Gasteiger partial charge in [-0.25, -0.2) is 4.57 Å². The number of benzene rings is 2. The maximum Gasteiger partial charge on any atom is 0.212 e. The Hall–Kier alpha value is -2.41. The summed E-state index contributed by atoms with van der Waals surface area (Å²) in [4.78, 5) is 0. The molecule has 0 amide bonds. The molecule has 3 rings (SSSR count). The molecule has 110 valence electrons. The molecular formula is C21H22N+. The van der Waals surface area contributed by atoms with Gasteiger partial charge in [-0.3, -0.25) is 0 Å². The molecule has 1 heterocycles. The first kappa shape index (κ1) is 8.89. The van der Waals surface area contributed by atoms with Crippen LogP contribution in [0.3, 0.4) is 0 Å². The predicted octanol–water partition coefficient (Wildman–Crippen LogP) is 4.77. The van der Waals surface area contributed by atoms with E-state index >= 15 is 0 Å². The van der Waals surface area contributed by atoms with Gasteiger partial charge in [0.2, 0.25) is 5.69 Å². The van der Waals surface area contributed by atoms with Crippen molar-refractivity contribution < 1.29 is 12.8 Å². The third kappa shape index (κ3) is 2.67. The van der Waals surface area contributed by atoms with Crippen LogP contribution in [0, 0.1) is 20.6 Å². The Labute approximate surface area is 141 Å². The Morgan fingerprint density at radius 1 is 0.864 bits per heavy atom. The SMILES string of the molecule is [2H]C([2H])([2H])c1ccc(-c2cc(-c3ccccc3)c(C([2H])([2H])[2H])cc2C)[n+](C)c1. The highest BCUT2D eigenvalue weighted by molar-refractivity contribution is 5.75. The molecule has 0 N–H and O–H groups in total. The molecule has 3 aromatic rings. The van der Waals surface area contributed by atoms with E-state index in [1.807, 2.05) is 43.3 Å². The zero-order chi connectivity index (χ0) is 20.7. The Morgan fingerprint density at radius 3 is 2.36 bits per heavy atom. The smallest absolute Gasteiger partial charge is 0.201 e. The van der Waals surface area contributed by atoms with E-state index in [-0.39, 0.29) is 5.56 Å². The lowest BCUT2D eigenvalue weighted by Crippen LogP contribution is -2.31. The van der Waals surface area contributed by atoms with Crippen LogP contribution < -0.4 is 4.57 Å². The van der Waals surface area contributed by atoms with Gasteiger partial charge in [0.1, 0.15) is 7.05 Å². The minimum atomic E-state index is -2.23. The van der Waals surface area contributed by atoms with Crippen LogP contribution in [0.1, 0.15) is 24.9 Å². The second kappa shape index (κ2) is 5.76. The molecule has 1 aromatic heterocycles. The number of nitrogens with zero attached hydrogens (tertiary/aromatic N) is 1. The highest BCUT2D eigenvalue weighted by Gasteiger charge is 2.15. The van der Waals surface area contributed by atoms with Crippen LogP contribution in [0.2, 0.25) is 0 Å². The summed E-state index contributed by atoms with van der Waals surface area (Å²) < 4.78 is 48.4. The number of hydrogen-bond donors (Lipinski definition) is 0. The van der Waals surface area contributed by atoms with Gasteiger partial charge in [0.25, 0.3) is 0 Å². The van der Waals surface area contributed by atoms with E-state index in [0.29, 0.717) is 11.1 Å². The van der Waals surface area contributed by atoms with Crippen molar-refractivity contribution in [2.75, 3.05) is 0 Å². The van der Waals surface area contributed by atoms with Crippen molar-refractivity contribution in [3.63, 3.8) is 0 Å². The number of rotatable bonds is 2. The monoisotopic (exact) mass is 294 g/mol. The molecule has 1 nitrogen and oxygen atoms in total. The van der Waals surface area contributed by atoms with Crippen LogP contribution in [0.15, 0.2) is 60.8 Å². The fraction of sp³-hybridized carbons (Fsp3) is 0.190. The summed E-state index contributed by atoms with van der Waals surface area (Å²) in [5, 5.41) is 0. The zero-order valence-electron chi connectivity index (χ0n) is 18.7. The molecular weight excluding hydrogens is 266 g/mol. The Kier molecular flexibility index (Phi) is 2.33. The molecule has 0 radical (unpaired) electrons. The van der Waals surface area contributed by atoms with E-state index in [2.05, 4.69) is 0 Å². The van der Waals surface area contributed by atoms with Crippen LogP contribution in [0.4, 0.5) is 0 Å². The van der Waals surface area contributed by atoms with Gasteiger partial charge >= 0.3 is 0 Å². The standard InChI is InChI=1S/C21H22N/c1-15-10-11-21(22(4)14-15)20-13-19(16(2)12-17(20)3)18-8-6-5-7-9-18/h5-14H,1-4H3/q+1/i1D3,2D3. The van der Waals surface area contributed by atoms with Gasteiger partial charge in [-0.1, -0.05) is 36.4 Å². The molecule has 0 fully saturated rings. The summed E-state index contributed by atoms with van der Waals surface area (Å²) >= 11 is 0. The first-order valence-electron chi connectivity index (χ1n) is 10.2. The molecule has 22 heavy (non-hydrogen) atoms. The number of hydrogen-bond acceptors (Lipinski definition) is 0. The lowest BCUT2D eigenvalue weighted by molar-refractivity contribution is -0.660. The van der Waals surface area contributed by atoms with Gasteiger partial charge < -0.3 is 0 Å². The van der Waals surface area contributed by atoms with E-state index in [4.69, 9.17) is 8.22 Å². The second-order valence-electron chi connectivity index (χ2n) is 5.49. The van der Waals surface area contributed by atoms with Crippen LogP contribution in [-0.2, 0) is 7.05 Å². The molecule has 0 bridgehead atoms. The van der Waals surface area contributed by atoms with E-state index in [1.54, 1.807) is 36.0 Å². The molecule has 0 atom stereocenters. The average Bonchev–Trinajstić information content (AvgIpc) is 2.61. The number of pyridine rings is 1. The van der Waals surface area contributed by atoms with Crippen molar-refractivity contribution in [2.45, 2.75) is 20.6 Å². The summed E-state index contributed by atoms with van der Waals surface area (Å²) in [6.45, 7) is -2.54. The van der Waals surface area contributed by atoms with Crippen molar-refractivity contribution in [2.24, 2.45) is 7.05 Å². The highest BCUT2D eigenvalue weighted by atomic mass is 14.9. The lowest BCUT2D eigenvalue weighted by Gasteiger charge is -2.12. The molecule has 0 aliphatic heterocycles. The third-order valence-corrected chi connectivity index (χ3v) is 3.86. The van der Waals surface area contributed by atoms with Gasteiger partial charge in [-0.15, -0.1) is 0 Å². The molecule has 0 unspecified atom stereocenters. The van der Waals surface area contributed by atoms with Gasteiger partial charge in [-0.05, 0) is 55.0 Å². The summed E-state index contributed by atoms with van der Waals surface area (Å²) in [5.74, 6) is 0. The fourth-order valence-corrected chi connectivity index (χ4v) is 2.73. The van der Waals surface area contributed by atoms with Crippen molar-refractivity contribution in [3.8, 4) is 22.4 Å². The predicted molar refractivity (Wildman–Crippen MR) is 92.7 cm³/mol. The number of aryl methyl sites for hydroxylation is 4. The van der Waals surface area contributed by atoms with E-state index in [1.165, 1.54) is 0 Å². The van der Waals surface area contributed by atoms with Crippen LogP contribution in [-0.4, -0.2) is 0 Å².